The van der Waals surface area contributed by atoms with Crippen LogP contribution in [0.4, 0.5) is 5.82 Å². The Morgan fingerprint density at radius 2 is 2.50 bits per heavy atom. The van der Waals surface area contributed by atoms with Crippen molar-refractivity contribution in [2.75, 3.05) is 5.73 Å². The van der Waals surface area contributed by atoms with Crippen molar-refractivity contribution in [2.45, 2.75) is 13.5 Å². The van der Waals surface area contributed by atoms with Gasteiger partial charge in [-0.2, -0.15) is 10.1 Å². The van der Waals surface area contributed by atoms with Crippen molar-refractivity contribution in [2.24, 2.45) is 0 Å². The zero-order chi connectivity index (χ0) is 11.5. The monoisotopic (exact) mass is 222 g/mol. The summed E-state index contributed by atoms with van der Waals surface area (Å²) in [5.41, 5.74) is 5.65. The minimum absolute atomic E-state index is 0.165. The molecule has 0 atom stereocenters. The van der Waals surface area contributed by atoms with Gasteiger partial charge in [-0.1, -0.05) is 5.16 Å². The van der Waals surface area contributed by atoms with Gasteiger partial charge in [0.05, 0.1) is 6.54 Å². The molecule has 4 N–H and O–H groups in total. The number of amides is 1. The van der Waals surface area contributed by atoms with E-state index in [9.17, 15) is 4.79 Å². The van der Waals surface area contributed by atoms with Crippen LogP contribution in [0.3, 0.4) is 0 Å². The Bertz CT molecular complexity index is 502. The maximum Gasteiger partial charge on any atom is 0.269 e. The Morgan fingerprint density at radius 1 is 1.69 bits per heavy atom. The molecule has 0 aliphatic heterocycles. The van der Waals surface area contributed by atoms with E-state index in [0.717, 1.165) is 0 Å². The fraction of sp³-hybridized carbons (Fsp3) is 0.250. The van der Waals surface area contributed by atoms with Gasteiger partial charge in [-0.05, 0) is 6.92 Å². The van der Waals surface area contributed by atoms with E-state index >= 15 is 0 Å². The number of nitrogens with two attached hydrogens (primary N) is 1. The first-order chi connectivity index (χ1) is 7.65. The van der Waals surface area contributed by atoms with Crippen LogP contribution in [-0.4, -0.2) is 26.2 Å². The quantitative estimate of drug-likeness (QED) is 0.650. The lowest BCUT2D eigenvalue weighted by atomic mass is 10.4. The van der Waals surface area contributed by atoms with Gasteiger partial charge in [0.15, 0.2) is 5.82 Å². The number of rotatable bonds is 3. The molecule has 0 radical (unpaired) electrons. The maximum absolute atomic E-state index is 11.5. The molecule has 2 aromatic rings. The summed E-state index contributed by atoms with van der Waals surface area (Å²) in [5, 5.41) is 12.3. The third kappa shape index (κ3) is 2.16. The highest BCUT2D eigenvalue weighted by Gasteiger charge is 2.10. The first kappa shape index (κ1) is 10.1. The lowest BCUT2D eigenvalue weighted by molar-refractivity contribution is 0.0941. The van der Waals surface area contributed by atoms with Crippen LogP contribution in [0.25, 0.3) is 0 Å². The van der Waals surface area contributed by atoms with Crippen molar-refractivity contribution in [3.63, 3.8) is 0 Å². The van der Waals surface area contributed by atoms with E-state index in [4.69, 9.17) is 10.3 Å². The molecule has 0 fully saturated rings. The standard InChI is InChI=1S/C8H10N6O2/c1-4-11-7(16-14-4)3-10-8(15)5-2-6(9)13-12-5/h2H,3H2,1H3,(H,10,15)(H3,9,12,13). The van der Waals surface area contributed by atoms with Crippen LogP contribution in [0.1, 0.15) is 22.2 Å². The average Bonchev–Trinajstić information content (AvgIpc) is 2.84. The molecular weight excluding hydrogens is 212 g/mol. The van der Waals surface area contributed by atoms with E-state index in [1.54, 1.807) is 6.92 Å². The second-order valence-electron chi connectivity index (χ2n) is 3.12. The second kappa shape index (κ2) is 4.01. The molecule has 0 spiro atoms. The molecule has 2 aromatic heterocycles. The largest absolute Gasteiger partial charge is 0.382 e. The molecule has 0 bridgehead atoms. The summed E-state index contributed by atoms with van der Waals surface area (Å²) in [4.78, 5) is 15.4. The van der Waals surface area contributed by atoms with Crippen LogP contribution in [0.2, 0.25) is 0 Å². The number of nitrogens with zero attached hydrogens (tertiary/aromatic N) is 3. The van der Waals surface area contributed by atoms with E-state index in [-0.39, 0.29) is 24.0 Å². The van der Waals surface area contributed by atoms with Gasteiger partial charge < -0.3 is 15.6 Å². The predicted octanol–water partition coefficient (Wildman–Crippen LogP) is -0.387. The highest BCUT2D eigenvalue weighted by Crippen LogP contribution is 2.01. The van der Waals surface area contributed by atoms with E-state index < -0.39 is 0 Å². The van der Waals surface area contributed by atoms with Crippen molar-refractivity contribution in [3.8, 4) is 0 Å². The average molecular weight is 222 g/mol. The van der Waals surface area contributed by atoms with Crippen LogP contribution >= 0.6 is 0 Å². The molecule has 0 saturated carbocycles. The number of hydrogen-bond donors (Lipinski definition) is 3. The van der Waals surface area contributed by atoms with Crippen molar-refractivity contribution < 1.29 is 9.32 Å². The number of hydrogen-bond acceptors (Lipinski definition) is 6. The predicted molar refractivity (Wildman–Crippen MR) is 53.2 cm³/mol. The highest BCUT2D eigenvalue weighted by atomic mass is 16.5. The first-order valence-corrected chi connectivity index (χ1v) is 4.53. The number of carbonyl (C=O) groups excluding carboxylic acids is 1. The number of aromatic nitrogens is 4. The minimum Gasteiger partial charge on any atom is -0.382 e. The summed E-state index contributed by atoms with van der Waals surface area (Å²) in [5.74, 6) is 0.798. The van der Waals surface area contributed by atoms with Gasteiger partial charge in [0.2, 0.25) is 5.89 Å². The first-order valence-electron chi connectivity index (χ1n) is 4.53. The molecule has 84 valence electrons. The molecule has 0 saturated heterocycles. The van der Waals surface area contributed by atoms with Gasteiger partial charge in [0.1, 0.15) is 11.5 Å². The molecule has 2 rings (SSSR count). The summed E-state index contributed by atoms with van der Waals surface area (Å²) >= 11 is 0. The number of carbonyl (C=O) groups is 1. The number of nitrogen functional groups attached to an aromatic ring is 1. The molecular formula is C8H10N6O2. The number of aromatic amines is 1. The summed E-state index contributed by atoms with van der Waals surface area (Å²) in [6.45, 7) is 1.86. The van der Waals surface area contributed by atoms with Crippen LogP contribution in [0, 0.1) is 6.92 Å². The van der Waals surface area contributed by atoms with E-state index in [0.29, 0.717) is 11.7 Å². The van der Waals surface area contributed by atoms with Gasteiger partial charge in [0, 0.05) is 6.07 Å². The number of anilines is 1. The molecule has 1 amide bonds. The zero-order valence-electron chi connectivity index (χ0n) is 8.52. The van der Waals surface area contributed by atoms with Crippen LogP contribution in [0.15, 0.2) is 10.6 Å². The number of H-pyrrole nitrogens is 1. The smallest absolute Gasteiger partial charge is 0.269 e. The van der Waals surface area contributed by atoms with Crippen LogP contribution in [0.5, 0.6) is 0 Å². The molecule has 16 heavy (non-hydrogen) atoms. The minimum atomic E-state index is -0.333. The summed E-state index contributed by atoms with van der Waals surface area (Å²) in [7, 11) is 0. The molecule has 8 heteroatoms. The molecule has 2 heterocycles. The van der Waals surface area contributed by atoms with Gasteiger partial charge in [-0.3, -0.25) is 9.89 Å². The SMILES string of the molecule is Cc1noc(CNC(=O)c2cc(N)n[nH]2)n1. The van der Waals surface area contributed by atoms with Gasteiger partial charge >= 0.3 is 0 Å². The fourth-order valence-electron chi connectivity index (χ4n) is 1.12. The molecule has 0 aliphatic carbocycles. The zero-order valence-corrected chi connectivity index (χ0v) is 8.52. The van der Waals surface area contributed by atoms with E-state index in [1.165, 1.54) is 6.07 Å². The summed E-state index contributed by atoms with van der Waals surface area (Å²) in [6, 6.07) is 1.44. The number of nitrogens with one attached hydrogen (secondary N) is 2. The van der Waals surface area contributed by atoms with Crippen molar-refractivity contribution in [3.05, 3.63) is 23.5 Å². The Morgan fingerprint density at radius 3 is 3.06 bits per heavy atom. The topological polar surface area (TPSA) is 123 Å². The van der Waals surface area contributed by atoms with Gasteiger partial charge in [0.25, 0.3) is 5.91 Å². The third-order valence-corrected chi connectivity index (χ3v) is 1.81. The van der Waals surface area contributed by atoms with Gasteiger partial charge in [-0.25, -0.2) is 0 Å². The van der Waals surface area contributed by atoms with E-state index in [2.05, 4.69) is 25.7 Å². The maximum atomic E-state index is 11.5. The van der Waals surface area contributed by atoms with Crippen molar-refractivity contribution in [1.29, 1.82) is 0 Å². The molecule has 0 aliphatic rings. The highest BCUT2D eigenvalue weighted by molar-refractivity contribution is 5.92. The Hall–Kier alpha value is -2.38. The van der Waals surface area contributed by atoms with Crippen molar-refractivity contribution >= 4 is 11.7 Å². The Kier molecular flexibility index (Phi) is 2.54. The Balaban J connectivity index is 1.93. The lowest BCUT2D eigenvalue weighted by Gasteiger charge is -1.97. The Labute approximate surface area is 90.2 Å². The van der Waals surface area contributed by atoms with Crippen molar-refractivity contribution in [1.82, 2.24) is 25.7 Å². The summed E-state index contributed by atoms with van der Waals surface area (Å²) in [6.07, 6.45) is 0. The molecule has 0 unspecified atom stereocenters. The summed E-state index contributed by atoms with van der Waals surface area (Å²) < 4.78 is 4.83. The van der Waals surface area contributed by atoms with E-state index in [1.807, 2.05) is 0 Å². The normalized spacial score (nSPS) is 10.3. The second-order valence-corrected chi connectivity index (χ2v) is 3.12. The molecule has 0 aromatic carbocycles. The lowest BCUT2D eigenvalue weighted by Crippen LogP contribution is -2.23. The molecule has 8 nitrogen and oxygen atoms in total. The fourth-order valence-corrected chi connectivity index (χ4v) is 1.12. The van der Waals surface area contributed by atoms with Gasteiger partial charge in [-0.15, -0.1) is 0 Å². The van der Waals surface area contributed by atoms with Crippen LogP contribution in [-0.2, 0) is 6.54 Å². The third-order valence-electron chi connectivity index (χ3n) is 1.81. The number of aryl methyl sites for hydroxylation is 1. The van der Waals surface area contributed by atoms with Crippen LogP contribution < -0.4 is 11.1 Å².